The fourth-order valence-corrected chi connectivity index (χ4v) is 5.46. The number of aliphatic hydroxyl groups is 6. The molecular formula is C21H41N5O11. The highest BCUT2D eigenvalue weighted by atomic mass is 16.8. The second-order valence-electron chi connectivity index (χ2n) is 10.3. The Kier molecular flexibility index (Phi) is 9.40. The summed E-state index contributed by atoms with van der Waals surface area (Å²) < 4.78 is 29.2. The molecule has 0 aromatic carbocycles. The molecule has 4 fully saturated rings. The molecule has 1 aliphatic carbocycles. The van der Waals surface area contributed by atoms with Gasteiger partial charge in [-0.05, 0) is 19.9 Å². The molecule has 0 amide bonds. The Hall–Kier alpha value is -0.640. The van der Waals surface area contributed by atoms with Crippen LogP contribution in [0.4, 0.5) is 0 Å². The zero-order chi connectivity index (χ0) is 27.2. The van der Waals surface area contributed by atoms with Gasteiger partial charge in [0.05, 0.1) is 36.9 Å². The highest BCUT2D eigenvalue weighted by Crippen LogP contribution is 2.35. The Morgan fingerprint density at radius 1 is 0.730 bits per heavy atom. The number of ether oxygens (including phenoxy) is 5. The SMILES string of the molecule is CN[C@H]1[C@@H](O[C@H]2O[C@H](CO)[C@@H](N)[C@H](O)[C@H]2O)O[C@H]2C[C@@H](N)[C@@H](O[C@H]3[C@@H](O)[C@@H](O)[C@H](N)C[C@@H]3N)O[C@H]2[C@@H]1O. The van der Waals surface area contributed by atoms with Crippen molar-refractivity contribution >= 4 is 0 Å². The van der Waals surface area contributed by atoms with Gasteiger partial charge < -0.3 is 82.6 Å². The third kappa shape index (κ3) is 5.66. The molecule has 3 heterocycles. The lowest BCUT2D eigenvalue weighted by Gasteiger charge is -2.51. The van der Waals surface area contributed by atoms with Gasteiger partial charge in [0.15, 0.2) is 18.9 Å². The van der Waals surface area contributed by atoms with Crippen molar-refractivity contribution in [1.29, 1.82) is 0 Å². The zero-order valence-electron chi connectivity index (χ0n) is 20.5. The molecule has 1 saturated carbocycles. The summed E-state index contributed by atoms with van der Waals surface area (Å²) in [5.41, 5.74) is 24.0. The quantitative estimate of drug-likeness (QED) is 0.149. The zero-order valence-corrected chi connectivity index (χ0v) is 20.5. The van der Waals surface area contributed by atoms with Gasteiger partial charge in [0.1, 0.15) is 42.7 Å². The van der Waals surface area contributed by atoms with Crippen LogP contribution in [0.25, 0.3) is 0 Å². The summed E-state index contributed by atoms with van der Waals surface area (Å²) in [5.74, 6) is 0. The van der Waals surface area contributed by atoms with Crippen LogP contribution in [-0.2, 0) is 23.7 Å². The first-order chi connectivity index (χ1) is 17.5. The molecule has 0 radical (unpaired) electrons. The number of likely N-dealkylation sites (N-methyl/N-ethyl adjacent to an activating group) is 1. The van der Waals surface area contributed by atoms with Gasteiger partial charge in [-0.2, -0.15) is 0 Å². The number of hydrogen-bond acceptors (Lipinski definition) is 16. The minimum Gasteiger partial charge on any atom is -0.394 e. The predicted octanol–water partition coefficient (Wildman–Crippen LogP) is -6.95. The number of aliphatic hydroxyl groups excluding tert-OH is 6. The van der Waals surface area contributed by atoms with E-state index in [1.54, 1.807) is 7.05 Å². The van der Waals surface area contributed by atoms with Gasteiger partial charge in [0, 0.05) is 12.1 Å². The van der Waals surface area contributed by atoms with Crippen molar-refractivity contribution in [3.05, 3.63) is 0 Å². The van der Waals surface area contributed by atoms with Gasteiger partial charge in [-0.3, -0.25) is 0 Å². The lowest BCUT2D eigenvalue weighted by molar-refractivity contribution is -0.373. The number of nitrogens with one attached hydrogen (secondary N) is 1. The first-order valence-corrected chi connectivity index (χ1v) is 12.5. The molecule has 15 N–H and O–H groups in total. The Morgan fingerprint density at radius 3 is 2.08 bits per heavy atom. The van der Waals surface area contributed by atoms with Crippen molar-refractivity contribution < 1.29 is 54.3 Å². The summed E-state index contributed by atoms with van der Waals surface area (Å²) in [6, 6.07) is -4.05. The average molecular weight is 540 g/mol. The van der Waals surface area contributed by atoms with E-state index in [4.69, 9.17) is 46.6 Å². The van der Waals surface area contributed by atoms with Gasteiger partial charge in [0.25, 0.3) is 0 Å². The molecule has 0 spiro atoms. The Labute approximate surface area is 213 Å². The normalized spacial score (nSPS) is 55.1. The number of rotatable bonds is 6. The van der Waals surface area contributed by atoms with Gasteiger partial charge in [-0.15, -0.1) is 0 Å². The smallest absolute Gasteiger partial charge is 0.189 e. The van der Waals surface area contributed by atoms with Gasteiger partial charge in [-0.25, -0.2) is 0 Å². The minimum absolute atomic E-state index is 0.156. The van der Waals surface area contributed by atoms with Crippen LogP contribution >= 0.6 is 0 Å². The predicted molar refractivity (Wildman–Crippen MR) is 123 cm³/mol. The molecule has 0 aromatic heterocycles. The fraction of sp³-hybridized carbons (Fsp3) is 1.00. The Bertz CT molecular complexity index is 756. The largest absolute Gasteiger partial charge is 0.394 e. The third-order valence-electron chi connectivity index (χ3n) is 7.74. The molecule has 3 aliphatic heterocycles. The lowest BCUT2D eigenvalue weighted by atomic mass is 9.84. The first kappa shape index (κ1) is 29.3. The molecular weight excluding hydrogens is 498 g/mol. The number of fused-ring (bicyclic) bond motifs is 1. The summed E-state index contributed by atoms with van der Waals surface area (Å²) in [4.78, 5) is 0. The van der Waals surface area contributed by atoms with Crippen LogP contribution in [0.15, 0.2) is 0 Å². The maximum Gasteiger partial charge on any atom is 0.189 e. The van der Waals surface area contributed by atoms with Gasteiger partial charge >= 0.3 is 0 Å². The summed E-state index contributed by atoms with van der Waals surface area (Å²) in [6.45, 7) is -0.508. The van der Waals surface area contributed by atoms with Crippen LogP contribution in [-0.4, -0.2) is 148 Å². The van der Waals surface area contributed by atoms with E-state index in [9.17, 15) is 30.6 Å². The number of hydrogen-bond donors (Lipinski definition) is 11. The highest BCUT2D eigenvalue weighted by Gasteiger charge is 2.54. The molecule has 4 aliphatic rings. The molecule has 0 bridgehead atoms. The maximum absolute atomic E-state index is 11.1. The Morgan fingerprint density at radius 2 is 1.43 bits per heavy atom. The molecule has 3 saturated heterocycles. The average Bonchev–Trinajstić information content (AvgIpc) is 2.86. The van der Waals surface area contributed by atoms with E-state index in [0.717, 1.165) is 0 Å². The Balaban J connectivity index is 1.43. The summed E-state index contributed by atoms with van der Waals surface area (Å²) in [6.07, 6.45) is -13.7. The third-order valence-corrected chi connectivity index (χ3v) is 7.74. The molecule has 0 unspecified atom stereocenters. The van der Waals surface area contributed by atoms with Crippen molar-refractivity contribution in [2.75, 3.05) is 13.7 Å². The van der Waals surface area contributed by atoms with E-state index >= 15 is 0 Å². The number of nitrogens with two attached hydrogens (primary N) is 4. The standard InChI is InChI=1S/C21H41N5O11/c1-26-11-14(30)18-8(33-20(11)37-21-16(32)13(29)10(25)9(4-27)34-21)3-7(24)19(36-18)35-17-6(23)2-5(22)12(28)15(17)31/h5-21,26-32H,2-4,22-25H2,1H3/t5-,6+,7-,8+,9-,10-,11-,12+,13+,14-,15+,16-,17-,18-,19+,20-,21-/m1/s1. The molecule has 16 nitrogen and oxygen atoms in total. The topological polar surface area (TPSA) is 284 Å². The summed E-state index contributed by atoms with van der Waals surface area (Å²) in [5, 5.41) is 64.7. The van der Waals surface area contributed by atoms with Gasteiger partial charge in [0.2, 0.25) is 0 Å². The molecule has 4 rings (SSSR count). The molecule has 0 aromatic rings. The molecule has 216 valence electrons. The highest BCUT2D eigenvalue weighted by molar-refractivity contribution is 5.01. The molecule has 37 heavy (non-hydrogen) atoms. The lowest BCUT2D eigenvalue weighted by Crippen LogP contribution is -2.70. The monoisotopic (exact) mass is 539 g/mol. The van der Waals surface area contributed by atoms with Crippen molar-refractivity contribution in [2.45, 2.75) is 117 Å². The van der Waals surface area contributed by atoms with E-state index in [-0.39, 0.29) is 12.8 Å². The van der Waals surface area contributed by atoms with Crippen molar-refractivity contribution in [1.82, 2.24) is 5.32 Å². The maximum atomic E-state index is 11.1. The van der Waals surface area contributed by atoms with E-state index in [1.165, 1.54) is 0 Å². The van der Waals surface area contributed by atoms with Crippen LogP contribution in [0.2, 0.25) is 0 Å². The molecule has 17 atom stereocenters. The van der Waals surface area contributed by atoms with Crippen LogP contribution in [0.1, 0.15) is 12.8 Å². The second kappa shape index (κ2) is 11.8. The minimum atomic E-state index is -1.54. The van der Waals surface area contributed by atoms with Gasteiger partial charge in [-0.1, -0.05) is 0 Å². The van der Waals surface area contributed by atoms with E-state index in [1.807, 2.05) is 0 Å². The van der Waals surface area contributed by atoms with Crippen molar-refractivity contribution in [3.8, 4) is 0 Å². The van der Waals surface area contributed by atoms with Crippen molar-refractivity contribution in [2.24, 2.45) is 22.9 Å². The van der Waals surface area contributed by atoms with Crippen LogP contribution in [0.5, 0.6) is 0 Å². The van der Waals surface area contributed by atoms with E-state index in [2.05, 4.69) is 5.32 Å². The first-order valence-electron chi connectivity index (χ1n) is 12.5. The fourth-order valence-electron chi connectivity index (χ4n) is 5.46. The van der Waals surface area contributed by atoms with Crippen molar-refractivity contribution in [3.63, 3.8) is 0 Å². The summed E-state index contributed by atoms with van der Waals surface area (Å²) >= 11 is 0. The van der Waals surface area contributed by atoms with Crippen LogP contribution < -0.4 is 28.3 Å². The van der Waals surface area contributed by atoms with Crippen LogP contribution in [0, 0.1) is 0 Å². The molecule has 16 heteroatoms. The summed E-state index contributed by atoms with van der Waals surface area (Å²) in [7, 11) is 1.55. The second-order valence-corrected chi connectivity index (χ2v) is 10.3. The van der Waals surface area contributed by atoms with Crippen LogP contribution in [0.3, 0.4) is 0 Å². The van der Waals surface area contributed by atoms with E-state index in [0.29, 0.717) is 0 Å². The van der Waals surface area contributed by atoms with E-state index < -0.39 is 111 Å².